The highest BCUT2D eigenvalue weighted by Gasteiger charge is 2.28. The number of amides is 1. The molecule has 0 radical (unpaired) electrons. The van der Waals surface area contributed by atoms with Gasteiger partial charge in [-0.25, -0.2) is 4.39 Å². The second-order valence-electron chi connectivity index (χ2n) is 6.46. The number of pyridine rings is 1. The Kier molecular flexibility index (Phi) is 4.81. The molecule has 27 heavy (non-hydrogen) atoms. The number of benzene rings is 1. The van der Waals surface area contributed by atoms with Gasteiger partial charge in [0.15, 0.2) is 5.01 Å². The van der Waals surface area contributed by atoms with Crippen LogP contribution in [0.15, 0.2) is 47.4 Å². The van der Waals surface area contributed by atoms with E-state index in [1.54, 1.807) is 23.1 Å². The third-order valence-electron chi connectivity index (χ3n) is 4.63. The van der Waals surface area contributed by atoms with Gasteiger partial charge in [-0.05, 0) is 31.0 Å². The van der Waals surface area contributed by atoms with E-state index in [1.165, 1.54) is 35.7 Å². The SMILES string of the molecule is O=C(c1ccc(=O)[nH]c1)N1CCC[C@@H](c2nnc(-c3ccccc3F)s2)C1. The predicted molar refractivity (Wildman–Crippen MR) is 100 cm³/mol. The highest BCUT2D eigenvalue weighted by Crippen LogP contribution is 2.33. The van der Waals surface area contributed by atoms with Gasteiger partial charge in [-0.15, -0.1) is 10.2 Å². The lowest BCUT2D eigenvalue weighted by molar-refractivity contribution is 0.0706. The van der Waals surface area contributed by atoms with Crippen molar-refractivity contribution in [2.75, 3.05) is 13.1 Å². The molecule has 1 aliphatic rings. The third-order valence-corrected chi connectivity index (χ3v) is 5.75. The van der Waals surface area contributed by atoms with Gasteiger partial charge in [0, 0.05) is 36.8 Å². The normalized spacial score (nSPS) is 17.1. The zero-order valence-electron chi connectivity index (χ0n) is 14.4. The van der Waals surface area contributed by atoms with E-state index in [9.17, 15) is 14.0 Å². The van der Waals surface area contributed by atoms with E-state index in [-0.39, 0.29) is 23.2 Å². The second kappa shape index (κ2) is 7.40. The zero-order chi connectivity index (χ0) is 18.8. The lowest BCUT2D eigenvalue weighted by Gasteiger charge is -2.31. The summed E-state index contributed by atoms with van der Waals surface area (Å²) in [6.45, 7) is 1.19. The van der Waals surface area contributed by atoms with Crippen LogP contribution in [0.4, 0.5) is 4.39 Å². The molecule has 8 heteroatoms. The van der Waals surface area contributed by atoms with E-state index in [0.29, 0.717) is 29.2 Å². The number of hydrogen-bond acceptors (Lipinski definition) is 5. The van der Waals surface area contributed by atoms with Crippen LogP contribution in [-0.4, -0.2) is 39.1 Å². The van der Waals surface area contributed by atoms with E-state index in [4.69, 9.17) is 0 Å². The number of nitrogens with zero attached hydrogens (tertiary/aromatic N) is 3. The number of rotatable bonds is 3. The molecule has 1 saturated heterocycles. The van der Waals surface area contributed by atoms with Crippen LogP contribution in [-0.2, 0) is 0 Å². The molecule has 3 aromatic rings. The molecule has 1 fully saturated rings. The molecule has 1 amide bonds. The molecule has 3 heterocycles. The number of hydrogen-bond donors (Lipinski definition) is 1. The van der Waals surface area contributed by atoms with Crippen LogP contribution in [0.3, 0.4) is 0 Å². The summed E-state index contributed by atoms with van der Waals surface area (Å²) < 4.78 is 14.0. The summed E-state index contributed by atoms with van der Waals surface area (Å²) in [5.74, 6) is -0.364. The van der Waals surface area contributed by atoms with Crippen molar-refractivity contribution >= 4 is 17.2 Å². The number of nitrogens with one attached hydrogen (secondary N) is 1. The molecular weight excluding hydrogens is 367 g/mol. The molecule has 1 atom stereocenters. The maximum atomic E-state index is 14.0. The first-order chi connectivity index (χ1) is 13.1. The van der Waals surface area contributed by atoms with Gasteiger partial charge in [0.2, 0.25) is 5.56 Å². The average molecular weight is 384 g/mol. The van der Waals surface area contributed by atoms with Crippen molar-refractivity contribution in [1.29, 1.82) is 0 Å². The van der Waals surface area contributed by atoms with Crippen molar-refractivity contribution in [3.05, 3.63) is 69.3 Å². The molecular formula is C19H17FN4O2S. The topological polar surface area (TPSA) is 79.0 Å². The van der Waals surface area contributed by atoms with Crippen LogP contribution < -0.4 is 5.56 Å². The van der Waals surface area contributed by atoms with Gasteiger partial charge < -0.3 is 9.88 Å². The lowest BCUT2D eigenvalue weighted by Crippen LogP contribution is -2.39. The van der Waals surface area contributed by atoms with Crippen molar-refractivity contribution < 1.29 is 9.18 Å². The Morgan fingerprint density at radius 2 is 2.07 bits per heavy atom. The quantitative estimate of drug-likeness (QED) is 0.753. The van der Waals surface area contributed by atoms with E-state index in [0.717, 1.165) is 17.8 Å². The molecule has 0 bridgehead atoms. The number of H-pyrrole nitrogens is 1. The minimum atomic E-state index is -0.321. The van der Waals surface area contributed by atoms with Crippen molar-refractivity contribution in [1.82, 2.24) is 20.1 Å². The fourth-order valence-electron chi connectivity index (χ4n) is 3.23. The van der Waals surface area contributed by atoms with Crippen molar-refractivity contribution in [2.45, 2.75) is 18.8 Å². The Balaban J connectivity index is 1.52. The molecule has 0 saturated carbocycles. The number of aromatic amines is 1. The number of carbonyl (C=O) groups excluding carboxylic acids is 1. The van der Waals surface area contributed by atoms with Gasteiger partial charge in [0.05, 0.1) is 5.56 Å². The minimum Gasteiger partial charge on any atom is -0.338 e. The first kappa shape index (κ1) is 17.5. The molecule has 4 rings (SSSR count). The summed E-state index contributed by atoms with van der Waals surface area (Å²) in [5.41, 5.74) is 0.662. The zero-order valence-corrected chi connectivity index (χ0v) is 15.2. The molecule has 0 aliphatic carbocycles. The molecule has 2 aromatic heterocycles. The summed E-state index contributed by atoms with van der Waals surface area (Å²) in [5, 5.41) is 9.76. The number of piperidine rings is 1. The molecule has 0 unspecified atom stereocenters. The summed E-state index contributed by atoms with van der Waals surface area (Å²) >= 11 is 1.37. The van der Waals surface area contributed by atoms with E-state index < -0.39 is 0 Å². The maximum Gasteiger partial charge on any atom is 0.255 e. The average Bonchev–Trinajstić information content (AvgIpc) is 3.18. The highest BCUT2D eigenvalue weighted by molar-refractivity contribution is 7.14. The van der Waals surface area contributed by atoms with Crippen LogP contribution >= 0.6 is 11.3 Å². The Labute approximate surface area is 158 Å². The van der Waals surface area contributed by atoms with Gasteiger partial charge in [-0.3, -0.25) is 9.59 Å². The number of likely N-dealkylation sites (tertiary alicyclic amines) is 1. The fourth-order valence-corrected chi connectivity index (χ4v) is 4.23. The van der Waals surface area contributed by atoms with E-state index in [2.05, 4.69) is 15.2 Å². The molecule has 138 valence electrons. The van der Waals surface area contributed by atoms with Crippen LogP contribution in [0.1, 0.15) is 34.1 Å². The first-order valence-electron chi connectivity index (χ1n) is 8.68. The standard InChI is InChI=1S/C19H17FN4O2S/c20-15-6-2-1-5-14(15)18-23-22-17(27-18)13-4-3-9-24(11-13)19(26)12-7-8-16(25)21-10-12/h1-2,5-8,10,13H,3-4,9,11H2,(H,21,25)/t13-/m1/s1. The minimum absolute atomic E-state index is 0.0727. The third kappa shape index (κ3) is 3.66. The van der Waals surface area contributed by atoms with Crippen molar-refractivity contribution in [3.63, 3.8) is 0 Å². The summed E-state index contributed by atoms with van der Waals surface area (Å²) in [6, 6.07) is 9.38. The van der Waals surface area contributed by atoms with Crippen LogP contribution in [0.2, 0.25) is 0 Å². The van der Waals surface area contributed by atoms with Crippen LogP contribution in [0.5, 0.6) is 0 Å². The maximum absolute atomic E-state index is 14.0. The number of carbonyl (C=O) groups is 1. The molecule has 0 spiro atoms. The van der Waals surface area contributed by atoms with Gasteiger partial charge >= 0.3 is 0 Å². The van der Waals surface area contributed by atoms with Crippen LogP contribution in [0.25, 0.3) is 10.6 Å². The Bertz CT molecular complexity index is 1010. The van der Waals surface area contributed by atoms with E-state index in [1.807, 2.05) is 0 Å². The lowest BCUT2D eigenvalue weighted by atomic mass is 9.98. The van der Waals surface area contributed by atoms with Gasteiger partial charge in [0.25, 0.3) is 5.91 Å². The van der Waals surface area contributed by atoms with Crippen molar-refractivity contribution in [3.8, 4) is 10.6 Å². The number of aromatic nitrogens is 3. The van der Waals surface area contributed by atoms with Crippen molar-refractivity contribution in [2.24, 2.45) is 0 Å². The Morgan fingerprint density at radius 3 is 2.85 bits per heavy atom. The summed E-state index contributed by atoms with van der Waals surface area (Å²) in [6.07, 6.45) is 3.20. The van der Waals surface area contributed by atoms with E-state index >= 15 is 0 Å². The predicted octanol–water partition coefficient (Wildman–Crippen LogP) is 3.05. The van der Waals surface area contributed by atoms with Gasteiger partial charge in [0.1, 0.15) is 10.8 Å². The van der Waals surface area contributed by atoms with Gasteiger partial charge in [-0.2, -0.15) is 0 Å². The summed E-state index contributed by atoms with van der Waals surface area (Å²) in [7, 11) is 0. The summed E-state index contributed by atoms with van der Waals surface area (Å²) in [4.78, 5) is 28.2. The van der Waals surface area contributed by atoms with Crippen LogP contribution in [0, 0.1) is 5.82 Å². The highest BCUT2D eigenvalue weighted by atomic mass is 32.1. The fraction of sp³-hybridized carbons (Fsp3) is 0.263. The monoisotopic (exact) mass is 384 g/mol. The molecule has 1 aromatic carbocycles. The Morgan fingerprint density at radius 1 is 1.22 bits per heavy atom. The molecule has 1 aliphatic heterocycles. The largest absolute Gasteiger partial charge is 0.338 e. The Hall–Kier alpha value is -2.87. The molecule has 1 N–H and O–H groups in total. The smallest absolute Gasteiger partial charge is 0.255 e. The first-order valence-corrected chi connectivity index (χ1v) is 9.50. The second-order valence-corrected chi connectivity index (χ2v) is 7.47. The molecule has 6 nitrogen and oxygen atoms in total. The van der Waals surface area contributed by atoms with Gasteiger partial charge in [-0.1, -0.05) is 23.5 Å². The number of halogens is 1.